The Labute approximate surface area is 233 Å². The van der Waals surface area contributed by atoms with E-state index in [9.17, 15) is 9.59 Å². The summed E-state index contributed by atoms with van der Waals surface area (Å²) in [4.78, 5) is 38.5. The Bertz CT molecular complexity index is 1130. The highest BCUT2D eigenvalue weighted by Crippen LogP contribution is 2.30. The van der Waals surface area contributed by atoms with E-state index in [0.717, 1.165) is 37.1 Å². The fourth-order valence-electron chi connectivity index (χ4n) is 5.08. The van der Waals surface area contributed by atoms with Gasteiger partial charge in [-0.3, -0.25) is 9.59 Å². The second-order valence-electron chi connectivity index (χ2n) is 9.72. The van der Waals surface area contributed by atoms with E-state index in [1.807, 2.05) is 23.1 Å². The molecule has 206 valence electrons. The van der Waals surface area contributed by atoms with Gasteiger partial charge in [0.25, 0.3) is 0 Å². The second-order valence-corrected chi connectivity index (χ2v) is 11.0. The summed E-state index contributed by atoms with van der Waals surface area (Å²) in [7, 11) is 3.20. The van der Waals surface area contributed by atoms with Crippen LogP contribution in [0.2, 0.25) is 5.15 Å². The molecule has 2 amide bonds. The first kappa shape index (κ1) is 28.3. The van der Waals surface area contributed by atoms with Crippen LogP contribution in [0.15, 0.2) is 29.4 Å². The average Bonchev–Trinajstić information content (AvgIpc) is 3.46. The highest BCUT2D eigenvalue weighted by molar-refractivity contribution is 7.99. The van der Waals surface area contributed by atoms with E-state index in [4.69, 9.17) is 21.1 Å². The van der Waals surface area contributed by atoms with Crippen LogP contribution in [0.25, 0.3) is 0 Å². The van der Waals surface area contributed by atoms with Crippen molar-refractivity contribution in [2.45, 2.75) is 50.2 Å². The lowest BCUT2D eigenvalue weighted by molar-refractivity contribution is -0.137. The largest absolute Gasteiger partial charge is 0.493 e. The second kappa shape index (κ2) is 13.4. The quantitative estimate of drug-likeness (QED) is 0.266. The molecule has 1 unspecified atom stereocenters. The fraction of sp³-hybridized carbons (Fsp3) is 0.556. The maximum absolute atomic E-state index is 12.9. The molecule has 2 fully saturated rings. The number of carbonyl (C=O) groups excluding carboxylic acids is 2. The molecule has 2 aliphatic rings. The molecule has 1 saturated heterocycles. The Morgan fingerprint density at radius 3 is 2.58 bits per heavy atom. The number of carbonyl (C=O) groups is 2. The monoisotopic (exact) mass is 561 g/mol. The van der Waals surface area contributed by atoms with E-state index < -0.39 is 0 Å². The molecule has 9 nitrogen and oxygen atoms in total. The van der Waals surface area contributed by atoms with E-state index in [1.54, 1.807) is 20.3 Å². The van der Waals surface area contributed by atoms with Gasteiger partial charge in [0.2, 0.25) is 11.8 Å². The first-order valence-electron chi connectivity index (χ1n) is 13.1. The normalized spacial score (nSPS) is 17.9. The number of piperazine rings is 1. The Balaban J connectivity index is 1.26. The lowest BCUT2D eigenvalue weighted by atomic mass is 10.0. The third kappa shape index (κ3) is 7.22. The molecular formula is C27H36ClN5O4S. The molecule has 1 atom stereocenters. The van der Waals surface area contributed by atoms with Gasteiger partial charge in [-0.2, -0.15) is 0 Å². The van der Waals surface area contributed by atoms with Crippen LogP contribution in [0.1, 0.15) is 38.2 Å². The molecule has 0 radical (unpaired) electrons. The van der Waals surface area contributed by atoms with Crippen molar-refractivity contribution in [3.8, 4) is 11.5 Å². The minimum Gasteiger partial charge on any atom is -0.493 e. The third-order valence-electron chi connectivity index (χ3n) is 7.12. The standard InChI is InChI=1S/C27H36ClN5O4S/c1-18-16-32(12-13-33(18)26(35)20-6-4-5-7-20)24-15-23(28)30-27(31-24)38-17-25(34)29-11-10-19-8-9-21(36-2)22(14-19)37-3/h8-9,14-15,18,20H,4-7,10-13,16-17H2,1-3H3,(H,29,34). The smallest absolute Gasteiger partial charge is 0.230 e. The molecule has 1 aliphatic carbocycles. The first-order valence-corrected chi connectivity index (χ1v) is 14.4. The third-order valence-corrected chi connectivity index (χ3v) is 8.16. The van der Waals surface area contributed by atoms with Crippen molar-refractivity contribution in [2.75, 3.05) is 51.1 Å². The maximum atomic E-state index is 12.9. The summed E-state index contributed by atoms with van der Waals surface area (Å²) < 4.78 is 10.6. The lowest BCUT2D eigenvalue weighted by Gasteiger charge is -2.41. The molecule has 1 saturated carbocycles. The number of hydrogen-bond acceptors (Lipinski definition) is 8. The van der Waals surface area contributed by atoms with Crippen LogP contribution in [-0.2, 0) is 16.0 Å². The molecule has 1 N–H and O–H groups in total. The average molecular weight is 562 g/mol. The van der Waals surface area contributed by atoms with Crippen LogP contribution in [-0.4, -0.2) is 78.9 Å². The molecule has 2 heterocycles. The van der Waals surface area contributed by atoms with Crippen molar-refractivity contribution in [3.63, 3.8) is 0 Å². The molecule has 1 aliphatic heterocycles. The van der Waals surface area contributed by atoms with Gasteiger partial charge < -0.3 is 24.6 Å². The zero-order valence-corrected chi connectivity index (χ0v) is 23.8. The fourth-order valence-corrected chi connectivity index (χ4v) is 5.99. The number of nitrogens with zero attached hydrogens (tertiary/aromatic N) is 4. The summed E-state index contributed by atoms with van der Waals surface area (Å²) in [5.74, 6) is 2.62. The molecule has 0 bridgehead atoms. The van der Waals surface area contributed by atoms with Gasteiger partial charge in [0.15, 0.2) is 16.7 Å². The first-order chi connectivity index (χ1) is 18.4. The van der Waals surface area contributed by atoms with Crippen molar-refractivity contribution in [1.29, 1.82) is 0 Å². The van der Waals surface area contributed by atoms with Crippen LogP contribution in [0.3, 0.4) is 0 Å². The molecule has 1 aromatic carbocycles. The molecule has 2 aromatic rings. The predicted molar refractivity (Wildman–Crippen MR) is 149 cm³/mol. The van der Waals surface area contributed by atoms with Gasteiger partial charge in [-0.25, -0.2) is 9.97 Å². The summed E-state index contributed by atoms with van der Waals surface area (Å²) in [6.07, 6.45) is 5.00. The van der Waals surface area contributed by atoms with E-state index in [-0.39, 0.29) is 23.6 Å². The number of thioether (sulfide) groups is 1. The maximum Gasteiger partial charge on any atom is 0.230 e. The van der Waals surface area contributed by atoms with E-state index in [2.05, 4.69) is 27.1 Å². The van der Waals surface area contributed by atoms with Crippen LogP contribution < -0.4 is 19.7 Å². The zero-order chi connectivity index (χ0) is 27.1. The Morgan fingerprint density at radius 2 is 1.87 bits per heavy atom. The molecule has 1 aromatic heterocycles. The number of hydrogen-bond donors (Lipinski definition) is 1. The van der Waals surface area contributed by atoms with Crippen LogP contribution in [0.5, 0.6) is 11.5 Å². The number of ether oxygens (including phenoxy) is 2. The number of anilines is 1. The number of amides is 2. The number of rotatable bonds is 10. The topological polar surface area (TPSA) is 96.9 Å². The molecule has 4 rings (SSSR count). The van der Waals surface area contributed by atoms with Gasteiger partial charge in [0, 0.05) is 44.2 Å². The Hall–Kier alpha value is -2.72. The molecular weight excluding hydrogens is 526 g/mol. The van der Waals surface area contributed by atoms with Gasteiger partial charge in [-0.05, 0) is 43.9 Å². The van der Waals surface area contributed by atoms with Gasteiger partial charge in [0.1, 0.15) is 11.0 Å². The zero-order valence-electron chi connectivity index (χ0n) is 22.2. The molecule has 38 heavy (non-hydrogen) atoms. The Morgan fingerprint density at radius 1 is 1.11 bits per heavy atom. The number of methoxy groups -OCH3 is 2. The van der Waals surface area contributed by atoms with Crippen molar-refractivity contribution in [2.24, 2.45) is 5.92 Å². The number of halogens is 1. The number of benzene rings is 1. The van der Waals surface area contributed by atoms with E-state index >= 15 is 0 Å². The van der Waals surface area contributed by atoms with E-state index in [0.29, 0.717) is 60.3 Å². The van der Waals surface area contributed by atoms with Gasteiger partial charge in [0.05, 0.1) is 20.0 Å². The molecule has 0 spiro atoms. The minimum absolute atomic E-state index is 0.0955. The van der Waals surface area contributed by atoms with Gasteiger partial charge >= 0.3 is 0 Å². The summed E-state index contributed by atoms with van der Waals surface area (Å²) >= 11 is 7.56. The van der Waals surface area contributed by atoms with E-state index in [1.165, 1.54) is 11.8 Å². The van der Waals surface area contributed by atoms with Crippen molar-refractivity contribution in [3.05, 3.63) is 35.0 Å². The summed E-state index contributed by atoms with van der Waals surface area (Å²) in [5.41, 5.74) is 1.04. The minimum atomic E-state index is -0.103. The highest BCUT2D eigenvalue weighted by atomic mass is 35.5. The van der Waals surface area contributed by atoms with Crippen LogP contribution in [0, 0.1) is 5.92 Å². The lowest BCUT2D eigenvalue weighted by Crippen LogP contribution is -2.55. The van der Waals surface area contributed by atoms with Crippen LogP contribution >= 0.6 is 23.4 Å². The van der Waals surface area contributed by atoms with Gasteiger partial charge in [-0.15, -0.1) is 0 Å². The van der Waals surface area contributed by atoms with Crippen molar-refractivity contribution in [1.82, 2.24) is 20.2 Å². The summed E-state index contributed by atoms with van der Waals surface area (Å²) in [6.45, 7) is 4.63. The van der Waals surface area contributed by atoms with Crippen LogP contribution in [0.4, 0.5) is 5.82 Å². The summed E-state index contributed by atoms with van der Waals surface area (Å²) in [5, 5.41) is 3.73. The number of aromatic nitrogens is 2. The van der Waals surface area contributed by atoms with Crippen molar-refractivity contribution >= 4 is 41.0 Å². The SMILES string of the molecule is COc1ccc(CCNC(=O)CSc2nc(Cl)cc(N3CCN(C(=O)C4CCCC4)C(C)C3)n2)cc1OC. The summed E-state index contributed by atoms with van der Waals surface area (Å²) in [6, 6.07) is 7.56. The Kier molecular flexibility index (Phi) is 9.96. The highest BCUT2D eigenvalue weighted by Gasteiger charge is 2.33. The molecule has 11 heteroatoms. The predicted octanol–water partition coefficient (Wildman–Crippen LogP) is 3.83. The number of nitrogens with one attached hydrogen (secondary N) is 1. The van der Waals surface area contributed by atoms with Gasteiger partial charge in [-0.1, -0.05) is 42.3 Å². The van der Waals surface area contributed by atoms with Crippen molar-refractivity contribution < 1.29 is 19.1 Å².